The average Bonchev–Trinajstić information content (AvgIpc) is 3.32. The number of fused-ring (bicyclic) bond motifs is 1. The zero-order valence-electron chi connectivity index (χ0n) is 17.9. The topological polar surface area (TPSA) is 100 Å². The summed E-state index contributed by atoms with van der Waals surface area (Å²) >= 11 is 0. The molecule has 9 heteroatoms. The SMILES string of the molecule is Nc1cc(C(=O)N2CCNCC2)ccc1N1CCN(C(=O)c2ccc3c(c2)OCO3)CC1. The molecular formula is C23H27N5O4. The van der Waals surface area contributed by atoms with Gasteiger partial charge in [-0.1, -0.05) is 0 Å². The van der Waals surface area contributed by atoms with Crippen LogP contribution in [0.4, 0.5) is 11.4 Å². The maximum atomic E-state index is 12.9. The molecule has 0 aliphatic carbocycles. The van der Waals surface area contributed by atoms with Gasteiger partial charge in [0.1, 0.15) is 0 Å². The zero-order chi connectivity index (χ0) is 22.1. The van der Waals surface area contributed by atoms with Crippen molar-refractivity contribution in [3.05, 3.63) is 47.5 Å². The molecule has 3 heterocycles. The number of benzene rings is 2. The Hall–Kier alpha value is -3.46. The third-order valence-electron chi connectivity index (χ3n) is 6.21. The summed E-state index contributed by atoms with van der Waals surface area (Å²) in [6.07, 6.45) is 0. The van der Waals surface area contributed by atoms with Gasteiger partial charge in [0.2, 0.25) is 6.79 Å². The second kappa shape index (κ2) is 8.58. The smallest absolute Gasteiger partial charge is 0.254 e. The predicted molar refractivity (Wildman–Crippen MR) is 120 cm³/mol. The van der Waals surface area contributed by atoms with Gasteiger partial charge in [0.05, 0.1) is 11.4 Å². The van der Waals surface area contributed by atoms with Gasteiger partial charge in [0.15, 0.2) is 11.5 Å². The van der Waals surface area contributed by atoms with Gasteiger partial charge >= 0.3 is 0 Å². The molecule has 2 fully saturated rings. The fourth-order valence-electron chi connectivity index (χ4n) is 4.39. The Kier molecular flexibility index (Phi) is 5.48. The summed E-state index contributed by atoms with van der Waals surface area (Å²) in [4.78, 5) is 31.5. The Balaban J connectivity index is 1.22. The summed E-state index contributed by atoms with van der Waals surface area (Å²) in [5.41, 5.74) is 9.02. The normalized spacial score (nSPS) is 18.1. The van der Waals surface area contributed by atoms with Crippen LogP contribution in [0.3, 0.4) is 0 Å². The molecule has 0 unspecified atom stereocenters. The van der Waals surface area contributed by atoms with Gasteiger partial charge in [-0.05, 0) is 36.4 Å². The second-order valence-corrected chi connectivity index (χ2v) is 8.16. The number of ether oxygens (including phenoxy) is 2. The number of nitrogens with one attached hydrogen (secondary N) is 1. The van der Waals surface area contributed by atoms with Crippen LogP contribution < -0.4 is 25.4 Å². The van der Waals surface area contributed by atoms with Crippen LogP contribution >= 0.6 is 0 Å². The molecule has 3 aliphatic heterocycles. The third kappa shape index (κ3) is 3.91. The Morgan fingerprint density at radius 2 is 1.41 bits per heavy atom. The lowest BCUT2D eigenvalue weighted by molar-refractivity contribution is 0.0731. The summed E-state index contributed by atoms with van der Waals surface area (Å²) in [7, 11) is 0. The molecule has 5 rings (SSSR count). The van der Waals surface area contributed by atoms with Crippen molar-refractivity contribution in [2.75, 3.05) is 69.8 Å². The highest BCUT2D eigenvalue weighted by Gasteiger charge is 2.26. The summed E-state index contributed by atoms with van der Waals surface area (Å²) in [6, 6.07) is 10.8. The highest BCUT2D eigenvalue weighted by atomic mass is 16.7. The summed E-state index contributed by atoms with van der Waals surface area (Å²) in [6.45, 7) is 5.76. The molecule has 3 aliphatic rings. The number of nitrogens with two attached hydrogens (primary N) is 1. The number of carbonyl (C=O) groups excluding carboxylic acids is 2. The Bertz CT molecular complexity index is 1030. The molecule has 168 valence electrons. The average molecular weight is 438 g/mol. The van der Waals surface area contributed by atoms with Crippen LogP contribution in [0.1, 0.15) is 20.7 Å². The fourth-order valence-corrected chi connectivity index (χ4v) is 4.39. The molecule has 0 saturated carbocycles. The molecule has 2 amide bonds. The van der Waals surface area contributed by atoms with Crippen molar-refractivity contribution in [1.29, 1.82) is 0 Å². The number of carbonyl (C=O) groups is 2. The quantitative estimate of drug-likeness (QED) is 0.691. The summed E-state index contributed by atoms with van der Waals surface area (Å²) < 4.78 is 10.7. The van der Waals surface area contributed by atoms with Crippen molar-refractivity contribution in [3.8, 4) is 11.5 Å². The Morgan fingerprint density at radius 1 is 0.781 bits per heavy atom. The van der Waals surface area contributed by atoms with Crippen LogP contribution in [0.25, 0.3) is 0 Å². The number of piperazine rings is 2. The first-order valence-corrected chi connectivity index (χ1v) is 10.9. The van der Waals surface area contributed by atoms with Crippen molar-refractivity contribution in [2.45, 2.75) is 0 Å². The van der Waals surface area contributed by atoms with Crippen LogP contribution in [0, 0.1) is 0 Å². The van der Waals surface area contributed by atoms with E-state index in [0.717, 1.165) is 18.8 Å². The van der Waals surface area contributed by atoms with E-state index in [2.05, 4.69) is 10.2 Å². The van der Waals surface area contributed by atoms with E-state index in [-0.39, 0.29) is 18.6 Å². The van der Waals surface area contributed by atoms with Crippen molar-refractivity contribution < 1.29 is 19.1 Å². The minimum Gasteiger partial charge on any atom is -0.454 e. The van der Waals surface area contributed by atoms with Gasteiger partial charge in [0, 0.05) is 63.5 Å². The van der Waals surface area contributed by atoms with Gasteiger partial charge < -0.3 is 35.2 Å². The molecule has 2 aromatic rings. The number of amides is 2. The van der Waals surface area contributed by atoms with Crippen LogP contribution in [-0.4, -0.2) is 80.8 Å². The number of hydrogen-bond donors (Lipinski definition) is 2. The van der Waals surface area contributed by atoms with E-state index in [1.54, 1.807) is 24.3 Å². The molecule has 2 aromatic carbocycles. The maximum Gasteiger partial charge on any atom is 0.254 e. The molecule has 0 bridgehead atoms. The van der Waals surface area contributed by atoms with Crippen molar-refractivity contribution >= 4 is 23.2 Å². The van der Waals surface area contributed by atoms with Crippen molar-refractivity contribution in [2.24, 2.45) is 0 Å². The molecule has 0 spiro atoms. The van der Waals surface area contributed by atoms with Crippen molar-refractivity contribution in [1.82, 2.24) is 15.1 Å². The standard InChI is InChI=1S/C23H27N5O4/c24-18-13-16(22(29)27-7-5-25-6-8-27)1-3-19(18)26-9-11-28(12-10-26)23(30)17-2-4-20-21(14-17)32-15-31-20/h1-4,13-14,25H,5-12,15,24H2. The lowest BCUT2D eigenvalue weighted by Gasteiger charge is -2.36. The number of hydrogen-bond acceptors (Lipinski definition) is 7. The fraction of sp³-hybridized carbons (Fsp3) is 0.391. The minimum absolute atomic E-state index is 0.0175. The first-order chi connectivity index (χ1) is 15.6. The molecule has 2 saturated heterocycles. The third-order valence-corrected chi connectivity index (χ3v) is 6.21. The highest BCUT2D eigenvalue weighted by molar-refractivity contribution is 5.97. The second-order valence-electron chi connectivity index (χ2n) is 8.16. The maximum absolute atomic E-state index is 12.9. The lowest BCUT2D eigenvalue weighted by Crippen LogP contribution is -2.49. The molecular weight excluding hydrogens is 410 g/mol. The molecule has 0 radical (unpaired) electrons. The van der Waals surface area contributed by atoms with E-state index in [4.69, 9.17) is 15.2 Å². The van der Waals surface area contributed by atoms with E-state index >= 15 is 0 Å². The number of rotatable bonds is 3. The van der Waals surface area contributed by atoms with E-state index in [9.17, 15) is 9.59 Å². The van der Waals surface area contributed by atoms with Gasteiger partial charge in [-0.3, -0.25) is 9.59 Å². The van der Waals surface area contributed by atoms with E-state index in [1.807, 2.05) is 21.9 Å². The minimum atomic E-state index is -0.0205. The van der Waals surface area contributed by atoms with E-state index in [0.29, 0.717) is 67.6 Å². The van der Waals surface area contributed by atoms with Gasteiger partial charge in [0.25, 0.3) is 11.8 Å². The first-order valence-electron chi connectivity index (χ1n) is 10.9. The van der Waals surface area contributed by atoms with Crippen molar-refractivity contribution in [3.63, 3.8) is 0 Å². The molecule has 0 aromatic heterocycles. The van der Waals surface area contributed by atoms with Crippen LogP contribution in [-0.2, 0) is 0 Å². The van der Waals surface area contributed by atoms with Gasteiger partial charge in [-0.15, -0.1) is 0 Å². The highest BCUT2D eigenvalue weighted by Crippen LogP contribution is 2.33. The molecule has 0 atom stereocenters. The summed E-state index contributed by atoms with van der Waals surface area (Å²) in [5, 5.41) is 3.25. The molecule has 9 nitrogen and oxygen atoms in total. The number of anilines is 2. The van der Waals surface area contributed by atoms with E-state index < -0.39 is 0 Å². The Morgan fingerprint density at radius 3 is 2.12 bits per heavy atom. The predicted octanol–water partition coefficient (Wildman–Crippen LogP) is 1.01. The number of nitrogen functional groups attached to an aromatic ring is 1. The van der Waals surface area contributed by atoms with Gasteiger partial charge in [-0.2, -0.15) is 0 Å². The number of nitrogens with zero attached hydrogens (tertiary/aromatic N) is 3. The first kappa shape index (κ1) is 20.4. The van der Waals surface area contributed by atoms with Crippen LogP contribution in [0.2, 0.25) is 0 Å². The molecule has 32 heavy (non-hydrogen) atoms. The van der Waals surface area contributed by atoms with Crippen LogP contribution in [0.15, 0.2) is 36.4 Å². The van der Waals surface area contributed by atoms with Crippen LogP contribution in [0.5, 0.6) is 11.5 Å². The summed E-state index contributed by atoms with van der Waals surface area (Å²) in [5.74, 6) is 1.27. The largest absolute Gasteiger partial charge is 0.454 e. The molecule has 3 N–H and O–H groups in total. The van der Waals surface area contributed by atoms with Gasteiger partial charge in [-0.25, -0.2) is 0 Å². The Labute approximate surface area is 186 Å². The van der Waals surface area contributed by atoms with E-state index in [1.165, 1.54) is 0 Å². The zero-order valence-corrected chi connectivity index (χ0v) is 17.9. The lowest BCUT2D eigenvalue weighted by atomic mass is 10.1. The monoisotopic (exact) mass is 437 g/mol.